The van der Waals surface area contributed by atoms with E-state index >= 15 is 0 Å². The van der Waals surface area contributed by atoms with E-state index < -0.39 is 22.0 Å². The predicted molar refractivity (Wildman–Crippen MR) is 36.5 cm³/mol. The molecule has 0 aromatic heterocycles. The molecule has 0 fully saturated rings. The summed E-state index contributed by atoms with van der Waals surface area (Å²) in [5.74, 6) is -0.830. The highest BCUT2D eigenvalue weighted by Gasteiger charge is 2.12. The number of ether oxygens (including phenoxy) is 1. The van der Waals surface area contributed by atoms with E-state index in [0.717, 1.165) is 0 Å². The number of esters is 1. The van der Waals surface area contributed by atoms with E-state index in [1.807, 2.05) is 0 Å². The largest absolute Gasteiger partial charge is 0.462 e. The van der Waals surface area contributed by atoms with Crippen LogP contribution in [0.25, 0.3) is 0 Å². The van der Waals surface area contributed by atoms with E-state index in [1.54, 1.807) is 6.92 Å². The first-order valence-electron chi connectivity index (χ1n) is 2.56. The summed E-state index contributed by atoms with van der Waals surface area (Å²) in [5.41, 5.74) is 0. The summed E-state index contributed by atoms with van der Waals surface area (Å²) in [4.78, 5) is 10.1. The van der Waals surface area contributed by atoms with E-state index in [1.165, 1.54) is 0 Å². The third-order valence-electron chi connectivity index (χ3n) is 0.714. The molecular weight excluding hydrogens is 156 g/mol. The molecule has 0 spiro atoms. The van der Waals surface area contributed by atoms with Gasteiger partial charge in [0.15, 0.2) is 11.1 Å². The molecule has 0 aromatic carbocycles. The van der Waals surface area contributed by atoms with Crippen molar-refractivity contribution in [2.75, 3.05) is 6.61 Å². The zero-order chi connectivity index (χ0) is 8.15. The zero-order valence-corrected chi connectivity index (χ0v) is 6.31. The lowest BCUT2D eigenvalue weighted by Gasteiger charge is -1.98. The molecule has 0 radical (unpaired) electrons. The van der Waals surface area contributed by atoms with Gasteiger partial charge in [-0.25, -0.2) is 9.00 Å². The lowest BCUT2D eigenvalue weighted by Crippen LogP contribution is -2.09. The van der Waals surface area contributed by atoms with Crippen LogP contribution in [-0.4, -0.2) is 21.3 Å². The number of carbonyl (C=O) groups excluding carboxylic acids is 1. The fourth-order valence-electron chi connectivity index (χ4n) is 0.283. The zero-order valence-electron chi connectivity index (χ0n) is 5.49. The summed E-state index contributed by atoms with van der Waals surface area (Å²) in [6.07, 6.45) is 0. The summed E-state index contributed by atoms with van der Waals surface area (Å²) in [7, 11) is 0. The molecule has 0 aliphatic heterocycles. The standard InChI is InChI=1S/C5H8O4S/c1-3-9-5(6)4(2)10(7)8/h2-3H2,1H3,(H,7,8). The SMILES string of the molecule is C=C(C(=O)OCC)S(=O)O. The van der Waals surface area contributed by atoms with E-state index in [4.69, 9.17) is 4.55 Å². The van der Waals surface area contributed by atoms with Gasteiger partial charge in [0.25, 0.3) is 0 Å². The van der Waals surface area contributed by atoms with Crippen LogP contribution in [0, 0.1) is 0 Å². The minimum absolute atomic E-state index is 0.176. The van der Waals surface area contributed by atoms with E-state index in [2.05, 4.69) is 11.3 Å². The second kappa shape index (κ2) is 4.19. The molecule has 0 aromatic rings. The molecule has 0 saturated carbocycles. The normalized spacial score (nSPS) is 12.2. The van der Waals surface area contributed by atoms with Gasteiger partial charge in [0.2, 0.25) is 0 Å². The minimum atomic E-state index is -2.31. The summed E-state index contributed by atoms with van der Waals surface area (Å²) in [6, 6.07) is 0. The Hall–Kier alpha value is -0.680. The quantitative estimate of drug-likeness (QED) is 0.370. The van der Waals surface area contributed by atoms with Gasteiger partial charge in [-0.3, -0.25) is 0 Å². The number of rotatable bonds is 3. The maximum absolute atomic E-state index is 10.5. The Morgan fingerprint density at radius 1 is 1.80 bits per heavy atom. The lowest BCUT2D eigenvalue weighted by atomic mass is 10.6. The number of carbonyl (C=O) groups is 1. The highest BCUT2D eigenvalue weighted by molar-refractivity contribution is 7.84. The van der Waals surface area contributed by atoms with Gasteiger partial charge in [-0.2, -0.15) is 0 Å². The molecule has 5 heteroatoms. The van der Waals surface area contributed by atoms with Crippen LogP contribution in [0.15, 0.2) is 11.5 Å². The number of hydrogen-bond donors (Lipinski definition) is 1. The van der Waals surface area contributed by atoms with Gasteiger partial charge >= 0.3 is 5.97 Å². The topological polar surface area (TPSA) is 63.6 Å². The van der Waals surface area contributed by atoms with Gasteiger partial charge < -0.3 is 9.29 Å². The Morgan fingerprint density at radius 2 is 2.30 bits per heavy atom. The Kier molecular flexibility index (Phi) is 3.90. The Balaban J connectivity index is 3.96. The van der Waals surface area contributed by atoms with Crippen LogP contribution in [0.2, 0.25) is 0 Å². The molecule has 58 valence electrons. The minimum Gasteiger partial charge on any atom is -0.462 e. The highest BCUT2D eigenvalue weighted by Crippen LogP contribution is 1.97. The van der Waals surface area contributed by atoms with Crippen LogP contribution in [0.3, 0.4) is 0 Å². The van der Waals surface area contributed by atoms with Crippen molar-refractivity contribution in [2.45, 2.75) is 6.92 Å². The molecule has 0 saturated heterocycles. The van der Waals surface area contributed by atoms with E-state index in [9.17, 15) is 9.00 Å². The molecule has 1 unspecified atom stereocenters. The Labute approximate surface area is 61.2 Å². The summed E-state index contributed by atoms with van der Waals surface area (Å²) in [6.45, 7) is 4.83. The van der Waals surface area contributed by atoms with Gasteiger partial charge in [-0.15, -0.1) is 0 Å². The third kappa shape index (κ3) is 2.75. The van der Waals surface area contributed by atoms with Crippen LogP contribution in [-0.2, 0) is 20.6 Å². The van der Waals surface area contributed by atoms with Crippen molar-refractivity contribution in [1.82, 2.24) is 0 Å². The first-order chi connectivity index (χ1) is 4.59. The van der Waals surface area contributed by atoms with Crippen molar-refractivity contribution in [2.24, 2.45) is 0 Å². The third-order valence-corrected chi connectivity index (χ3v) is 1.30. The molecule has 0 heterocycles. The lowest BCUT2D eigenvalue weighted by molar-refractivity contribution is -0.137. The molecule has 0 aliphatic rings. The molecule has 0 rings (SSSR count). The first-order valence-corrected chi connectivity index (χ1v) is 3.67. The molecule has 4 nitrogen and oxygen atoms in total. The van der Waals surface area contributed by atoms with Crippen LogP contribution < -0.4 is 0 Å². The second-order valence-electron chi connectivity index (χ2n) is 1.39. The molecule has 0 aliphatic carbocycles. The fourth-order valence-corrected chi connectivity index (χ4v) is 0.484. The number of hydrogen-bond acceptors (Lipinski definition) is 3. The molecular formula is C5H8O4S. The van der Waals surface area contributed by atoms with Gasteiger partial charge in [0.05, 0.1) is 6.61 Å². The molecule has 0 amide bonds. The van der Waals surface area contributed by atoms with Crippen LogP contribution in [0.4, 0.5) is 0 Å². The Bertz CT molecular complexity index is 174. The maximum Gasteiger partial charge on any atom is 0.349 e. The average molecular weight is 164 g/mol. The summed E-state index contributed by atoms with van der Waals surface area (Å²) >= 11 is -2.31. The monoisotopic (exact) mass is 164 g/mol. The van der Waals surface area contributed by atoms with Gasteiger partial charge in [0.1, 0.15) is 4.91 Å². The van der Waals surface area contributed by atoms with Crippen molar-refractivity contribution in [3.8, 4) is 0 Å². The van der Waals surface area contributed by atoms with E-state index in [-0.39, 0.29) is 6.61 Å². The predicted octanol–water partition coefficient (Wildman–Crippen LogP) is 0.285. The average Bonchev–Trinajstić information content (AvgIpc) is 1.87. The highest BCUT2D eigenvalue weighted by atomic mass is 32.2. The van der Waals surface area contributed by atoms with Crippen LogP contribution in [0.5, 0.6) is 0 Å². The Morgan fingerprint density at radius 3 is 2.60 bits per heavy atom. The van der Waals surface area contributed by atoms with Crippen molar-refractivity contribution < 1.29 is 18.3 Å². The second-order valence-corrected chi connectivity index (χ2v) is 2.38. The summed E-state index contributed by atoms with van der Waals surface area (Å²) in [5, 5.41) is 0. The van der Waals surface area contributed by atoms with Crippen molar-refractivity contribution in [3.05, 3.63) is 11.5 Å². The van der Waals surface area contributed by atoms with Crippen molar-refractivity contribution >= 4 is 17.0 Å². The fraction of sp³-hybridized carbons (Fsp3) is 0.400. The van der Waals surface area contributed by atoms with Gasteiger partial charge in [-0.1, -0.05) is 6.58 Å². The molecule has 0 bridgehead atoms. The molecule has 1 atom stereocenters. The van der Waals surface area contributed by atoms with Crippen LogP contribution >= 0.6 is 0 Å². The molecule has 1 N–H and O–H groups in total. The van der Waals surface area contributed by atoms with Crippen molar-refractivity contribution in [1.29, 1.82) is 0 Å². The maximum atomic E-state index is 10.5. The molecule has 10 heavy (non-hydrogen) atoms. The van der Waals surface area contributed by atoms with Crippen molar-refractivity contribution in [3.63, 3.8) is 0 Å². The first kappa shape index (κ1) is 9.32. The van der Waals surface area contributed by atoms with E-state index in [0.29, 0.717) is 0 Å². The van der Waals surface area contributed by atoms with Gasteiger partial charge in [-0.05, 0) is 6.92 Å². The smallest absolute Gasteiger partial charge is 0.349 e. The summed E-state index contributed by atoms with van der Waals surface area (Å²) < 4.78 is 22.8. The van der Waals surface area contributed by atoms with Crippen LogP contribution in [0.1, 0.15) is 6.92 Å². The van der Waals surface area contributed by atoms with Gasteiger partial charge in [0, 0.05) is 0 Å².